The molecule has 0 heterocycles. The van der Waals surface area contributed by atoms with Gasteiger partial charge in [-0.15, -0.1) is 0 Å². The Bertz CT molecular complexity index is 587. The Hall–Kier alpha value is -0.956. The van der Waals surface area contributed by atoms with Gasteiger partial charge in [0.2, 0.25) is 0 Å². The molecule has 0 N–H and O–H groups in total. The first-order chi connectivity index (χ1) is 11.0. The number of carbonyl (C=O) groups is 1. The molecule has 0 spiro atoms. The van der Waals surface area contributed by atoms with Gasteiger partial charge in [0.25, 0.3) is 0 Å². The second kappa shape index (κ2) is 6.74. The van der Waals surface area contributed by atoms with Crippen LogP contribution in [0.1, 0.15) is 24.5 Å². The van der Waals surface area contributed by atoms with Crippen LogP contribution >= 0.6 is 0 Å². The van der Waals surface area contributed by atoms with Gasteiger partial charge in [0.05, 0.1) is 7.11 Å². The summed E-state index contributed by atoms with van der Waals surface area (Å²) in [6.07, 6.45) is 0.965. The molecule has 0 amide bonds. The quantitative estimate of drug-likeness (QED) is 0.665. The Morgan fingerprint density at radius 2 is 1.58 bits per heavy atom. The van der Waals surface area contributed by atoms with Crippen molar-refractivity contribution in [3.05, 3.63) is 29.8 Å². The normalized spacial score (nSPS) is 22.9. The van der Waals surface area contributed by atoms with Crippen LogP contribution in [-0.2, 0) is 13.6 Å². The molecule has 0 saturated heterocycles. The second-order valence-electron chi connectivity index (χ2n) is 8.41. The molecular weight excluding hydrogens is 336 g/mol. The van der Waals surface area contributed by atoms with Gasteiger partial charge in [0, 0.05) is 6.42 Å². The SMILES string of the molecule is COc1ccc(C(O[Si](C)(C)C)C2(O[Si](C)(C)C)CCC2=O)cc1. The fourth-order valence-electron chi connectivity index (χ4n) is 3.02. The summed E-state index contributed by atoms with van der Waals surface area (Å²) in [6.45, 7) is 12.8. The Morgan fingerprint density at radius 3 is 1.92 bits per heavy atom. The standard InChI is InChI=1S/C18H30O4Si2/c1-20-15-10-8-14(9-11-15)17(21-23(2,3)4)18(13-12-16(18)19)22-24(5,6)7/h8-11,17H,12-13H2,1-7H3. The highest BCUT2D eigenvalue weighted by atomic mass is 28.4. The third-order valence-corrected chi connectivity index (χ3v) is 5.92. The molecule has 0 aliphatic heterocycles. The first kappa shape index (κ1) is 19.4. The third kappa shape index (κ3) is 4.36. The summed E-state index contributed by atoms with van der Waals surface area (Å²) in [6, 6.07) is 7.82. The van der Waals surface area contributed by atoms with E-state index >= 15 is 0 Å². The predicted octanol–water partition coefficient (Wildman–Crippen LogP) is 4.54. The maximum atomic E-state index is 12.7. The highest BCUT2D eigenvalue weighted by molar-refractivity contribution is 6.70. The van der Waals surface area contributed by atoms with Gasteiger partial charge >= 0.3 is 0 Å². The van der Waals surface area contributed by atoms with Crippen LogP contribution in [0.15, 0.2) is 24.3 Å². The van der Waals surface area contributed by atoms with E-state index < -0.39 is 22.2 Å². The van der Waals surface area contributed by atoms with Crippen LogP contribution in [0, 0.1) is 0 Å². The maximum Gasteiger partial charge on any atom is 0.185 e. The average molecular weight is 367 g/mol. The molecule has 0 aromatic heterocycles. The van der Waals surface area contributed by atoms with Crippen LogP contribution in [0.4, 0.5) is 0 Å². The molecule has 24 heavy (non-hydrogen) atoms. The molecule has 6 heteroatoms. The van der Waals surface area contributed by atoms with Gasteiger partial charge in [-0.1, -0.05) is 12.1 Å². The molecule has 1 fully saturated rings. The summed E-state index contributed by atoms with van der Waals surface area (Å²) >= 11 is 0. The van der Waals surface area contributed by atoms with E-state index in [0.29, 0.717) is 6.42 Å². The zero-order valence-electron chi connectivity index (χ0n) is 15.9. The Labute approximate surface area is 147 Å². The number of rotatable bonds is 7. The van der Waals surface area contributed by atoms with E-state index in [1.807, 2.05) is 24.3 Å². The van der Waals surface area contributed by atoms with Crippen molar-refractivity contribution in [2.45, 2.75) is 63.8 Å². The number of hydrogen-bond acceptors (Lipinski definition) is 4. The molecule has 4 nitrogen and oxygen atoms in total. The first-order valence-corrected chi connectivity index (χ1v) is 15.3. The molecular formula is C18H30O4Si2. The van der Waals surface area contributed by atoms with Crippen molar-refractivity contribution >= 4 is 22.4 Å². The number of Topliss-reactive ketones (excluding diaryl/α,β-unsaturated/α-hetero) is 1. The minimum absolute atomic E-state index is 0.170. The van der Waals surface area contributed by atoms with Crippen LogP contribution in [0.2, 0.25) is 39.3 Å². The van der Waals surface area contributed by atoms with Gasteiger partial charge in [0.15, 0.2) is 22.4 Å². The van der Waals surface area contributed by atoms with Crippen molar-refractivity contribution in [1.82, 2.24) is 0 Å². The lowest BCUT2D eigenvalue weighted by Crippen LogP contribution is -2.60. The van der Waals surface area contributed by atoms with Crippen molar-refractivity contribution in [2.24, 2.45) is 0 Å². The molecule has 2 unspecified atom stereocenters. The third-order valence-electron chi connectivity index (χ3n) is 4.00. The average Bonchev–Trinajstić information content (AvgIpc) is 2.47. The fourth-order valence-corrected chi connectivity index (χ4v) is 5.47. The van der Waals surface area contributed by atoms with E-state index in [2.05, 4.69) is 39.3 Å². The summed E-state index contributed by atoms with van der Waals surface area (Å²) in [4.78, 5) is 12.7. The molecule has 1 aromatic carbocycles. The van der Waals surface area contributed by atoms with Gasteiger partial charge in [-0.25, -0.2) is 0 Å². The zero-order valence-corrected chi connectivity index (χ0v) is 17.9. The van der Waals surface area contributed by atoms with Crippen molar-refractivity contribution in [1.29, 1.82) is 0 Å². The summed E-state index contributed by atoms with van der Waals surface area (Å²) in [7, 11) is -2.12. The topological polar surface area (TPSA) is 44.8 Å². The highest BCUT2D eigenvalue weighted by Gasteiger charge is 2.56. The molecule has 2 atom stereocenters. The molecule has 134 valence electrons. The fraction of sp³-hybridized carbons (Fsp3) is 0.611. The van der Waals surface area contributed by atoms with Crippen LogP contribution in [0.5, 0.6) is 5.75 Å². The van der Waals surface area contributed by atoms with Gasteiger partial charge in [0.1, 0.15) is 17.5 Å². The van der Waals surface area contributed by atoms with Gasteiger partial charge < -0.3 is 13.6 Å². The molecule has 2 rings (SSSR count). The lowest BCUT2D eigenvalue weighted by atomic mass is 9.72. The van der Waals surface area contributed by atoms with Gasteiger partial charge in [-0.3, -0.25) is 4.79 Å². The van der Waals surface area contributed by atoms with Crippen molar-refractivity contribution in [3.63, 3.8) is 0 Å². The van der Waals surface area contributed by atoms with Crippen LogP contribution in [0.25, 0.3) is 0 Å². The predicted molar refractivity (Wildman–Crippen MR) is 102 cm³/mol. The number of carbonyl (C=O) groups excluding carboxylic acids is 1. The highest BCUT2D eigenvalue weighted by Crippen LogP contribution is 2.47. The summed E-state index contributed by atoms with van der Waals surface area (Å²) in [5.74, 6) is 0.967. The van der Waals surface area contributed by atoms with Gasteiger partial charge in [-0.2, -0.15) is 0 Å². The number of benzene rings is 1. The van der Waals surface area contributed by atoms with Crippen molar-refractivity contribution < 1.29 is 18.4 Å². The largest absolute Gasteiger partial charge is 0.497 e. The van der Waals surface area contributed by atoms with E-state index in [0.717, 1.165) is 17.7 Å². The molecule has 0 radical (unpaired) electrons. The minimum atomic E-state index is -1.90. The molecule has 1 aliphatic carbocycles. The smallest absolute Gasteiger partial charge is 0.185 e. The van der Waals surface area contributed by atoms with Crippen LogP contribution in [0.3, 0.4) is 0 Å². The Balaban J connectivity index is 2.45. The lowest BCUT2D eigenvalue weighted by Gasteiger charge is -2.50. The zero-order chi connectivity index (χ0) is 18.2. The van der Waals surface area contributed by atoms with E-state index in [-0.39, 0.29) is 11.9 Å². The molecule has 1 aromatic rings. The second-order valence-corrected chi connectivity index (χ2v) is 17.3. The molecule has 1 saturated carbocycles. The maximum absolute atomic E-state index is 12.7. The van der Waals surface area contributed by atoms with Crippen LogP contribution in [-0.4, -0.2) is 35.1 Å². The molecule has 0 bridgehead atoms. The van der Waals surface area contributed by atoms with E-state index in [1.165, 1.54) is 0 Å². The summed E-state index contributed by atoms with van der Waals surface area (Å²) < 4.78 is 18.2. The van der Waals surface area contributed by atoms with Gasteiger partial charge in [-0.05, 0) is 63.4 Å². The van der Waals surface area contributed by atoms with Crippen LogP contribution < -0.4 is 4.74 Å². The Morgan fingerprint density at radius 1 is 1.00 bits per heavy atom. The summed E-state index contributed by atoms with van der Waals surface area (Å²) in [5, 5.41) is 0. The monoisotopic (exact) mass is 366 g/mol. The number of ketones is 1. The molecule has 1 aliphatic rings. The van der Waals surface area contributed by atoms with E-state index in [9.17, 15) is 4.79 Å². The lowest BCUT2D eigenvalue weighted by molar-refractivity contribution is -0.162. The van der Waals surface area contributed by atoms with E-state index in [4.69, 9.17) is 13.6 Å². The van der Waals surface area contributed by atoms with Crippen molar-refractivity contribution in [2.75, 3.05) is 7.11 Å². The summed E-state index contributed by atoms with van der Waals surface area (Å²) in [5.41, 5.74) is 0.170. The van der Waals surface area contributed by atoms with Crippen molar-refractivity contribution in [3.8, 4) is 5.75 Å². The first-order valence-electron chi connectivity index (χ1n) is 8.52. The Kier molecular flexibility index (Phi) is 5.44. The minimum Gasteiger partial charge on any atom is -0.497 e. The number of hydrogen-bond donors (Lipinski definition) is 0. The van der Waals surface area contributed by atoms with E-state index in [1.54, 1.807) is 7.11 Å². The number of methoxy groups -OCH3 is 1. The number of ether oxygens (including phenoxy) is 1.